The average Bonchev–Trinajstić information content (AvgIpc) is 2.43. The number of ether oxygens (including phenoxy) is 1. The van der Waals surface area contributed by atoms with Gasteiger partial charge in [-0.25, -0.2) is 0 Å². The third-order valence-electron chi connectivity index (χ3n) is 3.78. The van der Waals surface area contributed by atoms with Crippen molar-refractivity contribution in [2.45, 2.75) is 110 Å². The molecule has 0 aromatic heterocycles. The Morgan fingerprint density at radius 2 is 1.30 bits per heavy atom. The van der Waals surface area contributed by atoms with Crippen molar-refractivity contribution in [3.63, 3.8) is 0 Å². The van der Waals surface area contributed by atoms with Gasteiger partial charge in [-0.2, -0.15) is 0 Å². The summed E-state index contributed by atoms with van der Waals surface area (Å²) in [5, 5.41) is 0. The number of hydrogen-bond acceptors (Lipinski definition) is 2. The third-order valence-corrected chi connectivity index (χ3v) is 3.78. The first-order valence-electron chi connectivity index (χ1n) is 8.90. The van der Waals surface area contributed by atoms with E-state index in [4.69, 9.17) is 4.74 Å². The van der Waals surface area contributed by atoms with Crippen LogP contribution in [0.15, 0.2) is 0 Å². The summed E-state index contributed by atoms with van der Waals surface area (Å²) in [4.78, 5) is 11.5. The standard InChI is InChI=1S/C18H36O2/c1-4-6-8-9-10-11-12-13-14-15-17(3)20-18(19)16-7-5-2/h17H,4-16H2,1-3H3. The molecule has 0 spiro atoms. The van der Waals surface area contributed by atoms with Crippen LogP contribution in [0.4, 0.5) is 0 Å². The molecule has 0 aliphatic carbocycles. The smallest absolute Gasteiger partial charge is 0.306 e. The summed E-state index contributed by atoms with van der Waals surface area (Å²) in [5.41, 5.74) is 0. The molecular formula is C18H36O2. The number of carbonyl (C=O) groups excluding carboxylic acids is 1. The molecule has 0 fully saturated rings. The van der Waals surface area contributed by atoms with Crippen molar-refractivity contribution in [2.24, 2.45) is 0 Å². The van der Waals surface area contributed by atoms with Crippen molar-refractivity contribution >= 4 is 5.97 Å². The molecule has 0 aliphatic rings. The van der Waals surface area contributed by atoms with Crippen molar-refractivity contribution in [3.8, 4) is 0 Å². The maximum Gasteiger partial charge on any atom is 0.306 e. The van der Waals surface area contributed by atoms with Crippen LogP contribution in [0, 0.1) is 0 Å². The Hall–Kier alpha value is -0.530. The first-order chi connectivity index (χ1) is 9.70. The van der Waals surface area contributed by atoms with Gasteiger partial charge < -0.3 is 4.74 Å². The fourth-order valence-electron chi connectivity index (χ4n) is 2.41. The molecule has 0 aromatic rings. The van der Waals surface area contributed by atoms with Crippen LogP contribution in [-0.2, 0) is 9.53 Å². The Balaban J connectivity index is 3.26. The van der Waals surface area contributed by atoms with Gasteiger partial charge in [0.15, 0.2) is 0 Å². The van der Waals surface area contributed by atoms with Gasteiger partial charge >= 0.3 is 5.97 Å². The van der Waals surface area contributed by atoms with E-state index in [1.54, 1.807) is 0 Å². The fourth-order valence-corrected chi connectivity index (χ4v) is 2.41. The van der Waals surface area contributed by atoms with Crippen molar-refractivity contribution in [1.29, 1.82) is 0 Å². The molecule has 0 aromatic carbocycles. The minimum absolute atomic E-state index is 0.0183. The Morgan fingerprint density at radius 3 is 1.85 bits per heavy atom. The summed E-state index contributed by atoms with van der Waals surface area (Å²) in [7, 11) is 0. The Bertz CT molecular complexity index is 213. The second-order valence-corrected chi connectivity index (χ2v) is 6.02. The van der Waals surface area contributed by atoms with Crippen LogP contribution in [0.2, 0.25) is 0 Å². The molecule has 2 nitrogen and oxygen atoms in total. The quantitative estimate of drug-likeness (QED) is 0.287. The first-order valence-corrected chi connectivity index (χ1v) is 8.90. The van der Waals surface area contributed by atoms with Gasteiger partial charge in [-0.05, 0) is 26.2 Å². The lowest BCUT2D eigenvalue weighted by Crippen LogP contribution is -2.14. The Morgan fingerprint density at radius 1 is 0.800 bits per heavy atom. The fraction of sp³-hybridized carbons (Fsp3) is 0.944. The second-order valence-electron chi connectivity index (χ2n) is 6.02. The summed E-state index contributed by atoms with van der Waals surface area (Å²) >= 11 is 0. The van der Waals surface area contributed by atoms with E-state index in [1.807, 2.05) is 6.92 Å². The van der Waals surface area contributed by atoms with E-state index in [1.165, 1.54) is 57.8 Å². The van der Waals surface area contributed by atoms with Gasteiger partial charge in [0.1, 0.15) is 0 Å². The van der Waals surface area contributed by atoms with Gasteiger partial charge in [0, 0.05) is 6.42 Å². The van der Waals surface area contributed by atoms with E-state index in [-0.39, 0.29) is 12.1 Å². The normalized spacial score (nSPS) is 12.3. The lowest BCUT2D eigenvalue weighted by atomic mass is 10.1. The highest BCUT2D eigenvalue weighted by Crippen LogP contribution is 2.12. The van der Waals surface area contributed by atoms with E-state index < -0.39 is 0 Å². The molecule has 0 bridgehead atoms. The van der Waals surface area contributed by atoms with E-state index in [9.17, 15) is 4.79 Å². The van der Waals surface area contributed by atoms with Crippen LogP contribution in [0.25, 0.3) is 0 Å². The highest BCUT2D eigenvalue weighted by atomic mass is 16.5. The van der Waals surface area contributed by atoms with Crippen LogP contribution < -0.4 is 0 Å². The number of hydrogen-bond donors (Lipinski definition) is 0. The topological polar surface area (TPSA) is 26.3 Å². The third kappa shape index (κ3) is 13.9. The zero-order valence-corrected chi connectivity index (χ0v) is 14.1. The van der Waals surface area contributed by atoms with Crippen LogP contribution >= 0.6 is 0 Å². The highest BCUT2D eigenvalue weighted by molar-refractivity contribution is 5.69. The van der Waals surface area contributed by atoms with E-state index in [2.05, 4.69) is 13.8 Å². The molecule has 1 atom stereocenters. The average molecular weight is 284 g/mol. The predicted octanol–water partition coefficient (Wildman–Crippen LogP) is 6.03. The molecular weight excluding hydrogens is 248 g/mol. The second kappa shape index (κ2) is 14.9. The van der Waals surface area contributed by atoms with E-state index in [0.29, 0.717) is 6.42 Å². The maximum absolute atomic E-state index is 11.5. The molecule has 0 saturated heterocycles. The zero-order chi connectivity index (χ0) is 15.1. The van der Waals surface area contributed by atoms with Gasteiger partial charge in [-0.15, -0.1) is 0 Å². The highest BCUT2D eigenvalue weighted by Gasteiger charge is 2.08. The van der Waals surface area contributed by atoms with Crippen molar-refractivity contribution in [3.05, 3.63) is 0 Å². The minimum Gasteiger partial charge on any atom is -0.463 e. The lowest BCUT2D eigenvalue weighted by molar-refractivity contribution is -0.148. The van der Waals surface area contributed by atoms with Crippen LogP contribution in [0.5, 0.6) is 0 Å². The molecule has 0 heterocycles. The zero-order valence-electron chi connectivity index (χ0n) is 14.1. The molecule has 2 heteroatoms. The predicted molar refractivity (Wildman–Crippen MR) is 86.9 cm³/mol. The summed E-state index contributed by atoms with van der Waals surface area (Å²) in [6.45, 7) is 6.38. The molecule has 0 saturated carbocycles. The van der Waals surface area contributed by atoms with Gasteiger partial charge in [-0.1, -0.05) is 71.6 Å². The van der Waals surface area contributed by atoms with Gasteiger partial charge in [-0.3, -0.25) is 4.79 Å². The molecule has 1 unspecified atom stereocenters. The van der Waals surface area contributed by atoms with Crippen molar-refractivity contribution in [2.75, 3.05) is 0 Å². The monoisotopic (exact) mass is 284 g/mol. The Kier molecular flexibility index (Phi) is 14.5. The summed E-state index contributed by atoms with van der Waals surface area (Å²) in [6, 6.07) is 0. The van der Waals surface area contributed by atoms with Crippen LogP contribution in [-0.4, -0.2) is 12.1 Å². The summed E-state index contributed by atoms with van der Waals surface area (Å²) in [6.07, 6.45) is 15.8. The molecule has 0 N–H and O–H groups in total. The van der Waals surface area contributed by atoms with Crippen LogP contribution in [0.1, 0.15) is 104 Å². The number of rotatable bonds is 14. The lowest BCUT2D eigenvalue weighted by Gasteiger charge is -2.12. The molecule has 20 heavy (non-hydrogen) atoms. The van der Waals surface area contributed by atoms with E-state index in [0.717, 1.165) is 19.3 Å². The van der Waals surface area contributed by atoms with Gasteiger partial charge in [0.25, 0.3) is 0 Å². The van der Waals surface area contributed by atoms with Gasteiger partial charge in [0.05, 0.1) is 6.10 Å². The molecule has 0 amide bonds. The molecule has 0 rings (SSSR count). The number of esters is 1. The summed E-state index contributed by atoms with van der Waals surface area (Å²) < 4.78 is 5.39. The molecule has 0 aliphatic heterocycles. The number of unbranched alkanes of at least 4 members (excludes halogenated alkanes) is 9. The SMILES string of the molecule is CCCCCCCCCCCC(C)OC(=O)CCCC. The number of carbonyl (C=O) groups is 1. The molecule has 120 valence electrons. The summed E-state index contributed by atoms with van der Waals surface area (Å²) in [5.74, 6) is -0.0183. The minimum atomic E-state index is -0.0183. The van der Waals surface area contributed by atoms with Crippen molar-refractivity contribution < 1.29 is 9.53 Å². The largest absolute Gasteiger partial charge is 0.463 e. The molecule has 0 radical (unpaired) electrons. The first kappa shape index (κ1) is 19.5. The van der Waals surface area contributed by atoms with E-state index >= 15 is 0 Å². The Labute approximate surface area is 126 Å². The van der Waals surface area contributed by atoms with Crippen LogP contribution in [0.3, 0.4) is 0 Å². The maximum atomic E-state index is 11.5. The van der Waals surface area contributed by atoms with Crippen molar-refractivity contribution in [1.82, 2.24) is 0 Å². The van der Waals surface area contributed by atoms with Gasteiger partial charge in [0.2, 0.25) is 0 Å².